The minimum atomic E-state index is 0.883. The molecule has 0 aromatic heterocycles. The van der Waals surface area contributed by atoms with Crippen molar-refractivity contribution in [1.29, 1.82) is 0 Å². The number of hydrogen-bond acceptors (Lipinski definition) is 2. The minimum absolute atomic E-state index is 0.883. The van der Waals surface area contributed by atoms with Crippen molar-refractivity contribution in [2.24, 2.45) is 5.10 Å². The summed E-state index contributed by atoms with van der Waals surface area (Å²) in [7, 11) is 0. The van der Waals surface area contributed by atoms with Gasteiger partial charge in [-0.1, -0.05) is 24.3 Å². The van der Waals surface area contributed by atoms with E-state index < -0.39 is 0 Å². The second-order valence-corrected chi connectivity index (χ2v) is 3.73. The fourth-order valence-corrected chi connectivity index (χ4v) is 1.57. The highest BCUT2D eigenvalue weighted by Gasteiger charge is 2.16. The summed E-state index contributed by atoms with van der Waals surface area (Å²) < 4.78 is 0. The van der Waals surface area contributed by atoms with Gasteiger partial charge in [0.05, 0.1) is 5.69 Å². The predicted octanol–water partition coefficient (Wildman–Crippen LogP) is 3.09. The van der Waals surface area contributed by atoms with Crippen molar-refractivity contribution in [1.82, 2.24) is 0 Å². The van der Waals surface area contributed by atoms with Crippen LogP contribution in [0.3, 0.4) is 0 Å². The van der Waals surface area contributed by atoms with E-state index in [1.165, 1.54) is 5.56 Å². The fraction of sp³-hybridized carbons (Fsp3) is 0.250. The van der Waals surface area contributed by atoms with Crippen molar-refractivity contribution in [2.75, 3.05) is 5.01 Å². The molecule has 1 heterocycles. The maximum absolute atomic E-state index is 4.42. The van der Waals surface area contributed by atoms with Gasteiger partial charge in [0, 0.05) is 17.8 Å². The molecule has 2 heteroatoms. The summed E-state index contributed by atoms with van der Waals surface area (Å²) in [5.74, 6) is 0. The van der Waals surface area contributed by atoms with E-state index in [9.17, 15) is 0 Å². The van der Waals surface area contributed by atoms with Gasteiger partial charge in [-0.2, -0.15) is 5.10 Å². The van der Waals surface area contributed by atoms with Crippen LogP contribution in [0.15, 0.2) is 41.6 Å². The zero-order valence-electron chi connectivity index (χ0n) is 8.62. The van der Waals surface area contributed by atoms with Crippen LogP contribution in [0.5, 0.6) is 0 Å². The van der Waals surface area contributed by atoms with Gasteiger partial charge in [-0.15, -0.1) is 0 Å². The molecule has 2 nitrogen and oxygen atoms in total. The van der Waals surface area contributed by atoms with E-state index in [-0.39, 0.29) is 0 Å². The number of nitrogens with zero attached hydrogens (tertiary/aromatic N) is 2. The van der Waals surface area contributed by atoms with Crippen LogP contribution in [-0.2, 0) is 0 Å². The van der Waals surface area contributed by atoms with Gasteiger partial charge >= 0.3 is 0 Å². The molecule has 0 fully saturated rings. The third-order valence-corrected chi connectivity index (χ3v) is 2.31. The summed E-state index contributed by atoms with van der Waals surface area (Å²) in [5.41, 5.74) is 4.53. The highest BCUT2D eigenvalue weighted by molar-refractivity contribution is 5.89. The first-order chi connectivity index (χ1) is 6.66. The summed E-state index contributed by atoms with van der Waals surface area (Å²) in [4.78, 5) is 0. The lowest BCUT2D eigenvalue weighted by Gasteiger charge is -2.15. The lowest BCUT2D eigenvalue weighted by molar-refractivity contribution is 1.04. The maximum Gasteiger partial charge on any atom is 0.0648 e. The molecule has 0 atom stereocenters. The third kappa shape index (κ3) is 1.55. The Balaban J connectivity index is 2.32. The average molecular weight is 186 g/mol. The summed E-state index contributed by atoms with van der Waals surface area (Å²) in [6.07, 6.45) is 0.883. The van der Waals surface area contributed by atoms with Gasteiger partial charge in [-0.3, -0.25) is 0 Å². The monoisotopic (exact) mass is 186 g/mol. The van der Waals surface area contributed by atoms with Crippen molar-refractivity contribution in [3.8, 4) is 0 Å². The van der Waals surface area contributed by atoms with E-state index in [2.05, 4.69) is 42.9 Å². The summed E-state index contributed by atoms with van der Waals surface area (Å²) in [6.45, 7) is 8.10. The summed E-state index contributed by atoms with van der Waals surface area (Å²) in [6, 6.07) is 8.32. The number of allylic oxidation sites excluding steroid dienone is 1. The van der Waals surface area contributed by atoms with Gasteiger partial charge in [0.15, 0.2) is 0 Å². The number of aryl methyl sites for hydroxylation is 1. The predicted molar refractivity (Wildman–Crippen MR) is 60.5 cm³/mol. The Kier molecular flexibility index (Phi) is 2.12. The molecule has 1 aliphatic rings. The Morgan fingerprint density at radius 3 is 2.36 bits per heavy atom. The number of benzene rings is 1. The van der Waals surface area contributed by atoms with Crippen LogP contribution in [0, 0.1) is 6.92 Å². The van der Waals surface area contributed by atoms with Gasteiger partial charge in [0.2, 0.25) is 0 Å². The average Bonchev–Trinajstić information content (AvgIpc) is 2.47. The molecule has 0 bridgehead atoms. The fourth-order valence-electron chi connectivity index (χ4n) is 1.57. The van der Waals surface area contributed by atoms with Gasteiger partial charge in [0.1, 0.15) is 0 Å². The van der Waals surface area contributed by atoms with Crippen LogP contribution in [0.1, 0.15) is 18.9 Å². The Morgan fingerprint density at radius 2 is 1.86 bits per heavy atom. The Bertz CT molecular complexity index is 387. The van der Waals surface area contributed by atoms with Crippen molar-refractivity contribution in [2.45, 2.75) is 20.3 Å². The molecule has 14 heavy (non-hydrogen) atoms. The van der Waals surface area contributed by atoms with Gasteiger partial charge in [-0.25, -0.2) is 5.01 Å². The highest BCUT2D eigenvalue weighted by atomic mass is 15.5. The quantitative estimate of drug-likeness (QED) is 0.658. The van der Waals surface area contributed by atoms with E-state index in [4.69, 9.17) is 0 Å². The molecule has 0 saturated carbocycles. The van der Waals surface area contributed by atoms with E-state index in [0.29, 0.717) is 0 Å². The Labute approximate surface area is 84.6 Å². The first-order valence-electron chi connectivity index (χ1n) is 4.75. The molecule has 1 aliphatic heterocycles. The van der Waals surface area contributed by atoms with Crippen LogP contribution in [0.2, 0.25) is 0 Å². The first-order valence-corrected chi connectivity index (χ1v) is 4.75. The molecule has 1 aromatic rings. The second kappa shape index (κ2) is 3.29. The third-order valence-electron chi connectivity index (χ3n) is 2.31. The van der Waals surface area contributed by atoms with Crippen molar-refractivity contribution < 1.29 is 0 Å². The zero-order valence-corrected chi connectivity index (χ0v) is 8.62. The molecule has 2 rings (SSSR count). The van der Waals surface area contributed by atoms with Crippen LogP contribution in [-0.4, -0.2) is 5.71 Å². The smallest absolute Gasteiger partial charge is 0.0648 e. The van der Waals surface area contributed by atoms with Gasteiger partial charge < -0.3 is 0 Å². The molecule has 0 aliphatic carbocycles. The molecule has 0 unspecified atom stereocenters. The molecule has 1 aromatic carbocycles. The molecule has 0 amide bonds. The van der Waals surface area contributed by atoms with Crippen LogP contribution in [0.25, 0.3) is 0 Å². The lowest BCUT2D eigenvalue weighted by atomic mass is 10.2. The number of hydrogen-bond donors (Lipinski definition) is 0. The molecule has 0 spiro atoms. The SMILES string of the molecule is C=C1CC(C)=NN1c1ccc(C)cc1. The number of hydrazone groups is 1. The molecular weight excluding hydrogens is 172 g/mol. The van der Waals surface area contributed by atoms with Crippen molar-refractivity contribution in [3.63, 3.8) is 0 Å². The van der Waals surface area contributed by atoms with Crippen molar-refractivity contribution in [3.05, 3.63) is 42.1 Å². The lowest BCUT2D eigenvalue weighted by Crippen LogP contribution is -2.08. The highest BCUT2D eigenvalue weighted by Crippen LogP contribution is 2.25. The Morgan fingerprint density at radius 1 is 1.21 bits per heavy atom. The molecule has 0 saturated heterocycles. The first kappa shape index (κ1) is 9.00. The largest absolute Gasteiger partial charge is 0.238 e. The van der Waals surface area contributed by atoms with E-state index in [0.717, 1.165) is 23.5 Å². The molecular formula is C12H14N2. The van der Waals surface area contributed by atoms with Gasteiger partial charge in [-0.05, 0) is 26.0 Å². The number of rotatable bonds is 1. The van der Waals surface area contributed by atoms with E-state index >= 15 is 0 Å². The number of anilines is 1. The summed E-state index contributed by atoms with van der Waals surface area (Å²) in [5, 5.41) is 6.33. The van der Waals surface area contributed by atoms with Crippen LogP contribution in [0.4, 0.5) is 5.69 Å². The molecule has 0 radical (unpaired) electrons. The Hall–Kier alpha value is -1.57. The van der Waals surface area contributed by atoms with Gasteiger partial charge in [0.25, 0.3) is 0 Å². The minimum Gasteiger partial charge on any atom is -0.238 e. The molecule has 72 valence electrons. The van der Waals surface area contributed by atoms with E-state index in [1.807, 2.05) is 11.9 Å². The summed E-state index contributed by atoms with van der Waals surface area (Å²) >= 11 is 0. The standard InChI is InChI=1S/C12H14N2/c1-9-4-6-12(7-5-9)14-11(3)8-10(2)13-14/h4-7H,3,8H2,1-2H3. The topological polar surface area (TPSA) is 15.6 Å². The van der Waals surface area contributed by atoms with Crippen LogP contribution < -0.4 is 5.01 Å². The zero-order chi connectivity index (χ0) is 10.1. The second-order valence-electron chi connectivity index (χ2n) is 3.73. The maximum atomic E-state index is 4.42. The normalized spacial score (nSPS) is 16.0. The van der Waals surface area contributed by atoms with E-state index in [1.54, 1.807) is 0 Å². The van der Waals surface area contributed by atoms with Crippen molar-refractivity contribution >= 4 is 11.4 Å². The molecule has 0 N–H and O–H groups in total. The van der Waals surface area contributed by atoms with Crippen LogP contribution >= 0.6 is 0 Å².